The van der Waals surface area contributed by atoms with Crippen LogP contribution in [0, 0.1) is 11.8 Å². The lowest BCUT2D eigenvalue weighted by molar-refractivity contribution is -0.127. The highest BCUT2D eigenvalue weighted by atomic mass is 35.5. The number of rotatable bonds is 3. The first-order chi connectivity index (χ1) is 9.65. The third-order valence-corrected chi connectivity index (χ3v) is 5.86. The summed E-state index contributed by atoms with van der Waals surface area (Å²) < 4.78 is 0. The van der Waals surface area contributed by atoms with Gasteiger partial charge < -0.3 is 5.32 Å². The molecule has 0 aromatic rings. The smallest absolute Gasteiger partial charge is 0.223 e. The van der Waals surface area contributed by atoms with Gasteiger partial charge >= 0.3 is 0 Å². The average Bonchev–Trinajstić information content (AvgIpc) is 2.41. The van der Waals surface area contributed by atoms with Gasteiger partial charge in [0.25, 0.3) is 0 Å². The van der Waals surface area contributed by atoms with Crippen LogP contribution in [0.25, 0.3) is 0 Å². The number of amides is 1. The van der Waals surface area contributed by atoms with Crippen LogP contribution in [0.15, 0.2) is 0 Å². The van der Waals surface area contributed by atoms with Gasteiger partial charge in [-0.1, -0.05) is 39.0 Å². The zero-order valence-electron chi connectivity index (χ0n) is 12.9. The molecule has 2 rings (SSSR count). The molecule has 1 amide bonds. The fourth-order valence-corrected chi connectivity index (χ4v) is 4.02. The molecule has 2 saturated carbocycles. The summed E-state index contributed by atoms with van der Waals surface area (Å²) in [6, 6.07) is 0. The summed E-state index contributed by atoms with van der Waals surface area (Å²) in [7, 11) is 0. The highest BCUT2D eigenvalue weighted by Gasteiger charge is 2.36. The summed E-state index contributed by atoms with van der Waals surface area (Å²) in [6.07, 6.45) is 13.0. The molecule has 2 aliphatic carbocycles. The minimum atomic E-state index is -0.118. The van der Waals surface area contributed by atoms with Crippen molar-refractivity contribution in [1.29, 1.82) is 0 Å². The predicted octanol–water partition coefficient (Wildman–Crippen LogP) is 4.65. The fraction of sp³-hybridized carbons (Fsp3) is 0.941. The standard InChI is InChI=1S/C17H30ClNO/c1-14-9-11-17(13-18,12-10-14)19-16(20)15-7-5-3-2-4-6-8-15/h14-15H,2-13H2,1H3,(H,19,20). The number of carbonyl (C=O) groups is 1. The minimum absolute atomic E-state index is 0.118. The molecule has 3 heteroatoms. The Bertz CT molecular complexity index is 302. The second kappa shape index (κ2) is 7.68. The van der Waals surface area contributed by atoms with Crippen molar-refractivity contribution in [2.24, 2.45) is 11.8 Å². The van der Waals surface area contributed by atoms with E-state index in [4.69, 9.17) is 11.6 Å². The SMILES string of the molecule is CC1CCC(CCl)(NC(=O)C2CCCCCCC2)CC1. The lowest BCUT2D eigenvalue weighted by Crippen LogP contribution is -2.53. The molecule has 0 bridgehead atoms. The Balaban J connectivity index is 1.90. The summed E-state index contributed by atoms with van der Waals surface area (Å²) in [5.41, 5.74) is -0.118. The third-order valence-electron chi connectivity index (χ3n) is 5.35. The largest absolute Gasteiger partial charge is 0.349 e. The van der Waals surface area contributed by atoms with Gasteiger partial charge in [0, 0.05) is 11.8 Å². The van der Waals surface area contributed by atoms with Gasteiger partial charge in [-0.2, -0.15) is 0 Å². The van der Waals surface area contributed by atoms with Gasteiger partial charge in [0.15, 0.2) is 0 Å². The summed E-state index contributed by atoms with van der Waals surface area (Å²) in [5, 5.41) is 3.35. The molecule has 2 aliphatic rings. The summed E-state index contributed by atoms with van der Waals surface area (Å²) in [4.78, 5) is 12.6. The molecule has 0 aromatic heterocycles. The van der Waals surface area contributed by atoms with E-state index >= 15 is 0 Å². The van der Waals surface area contributed by atoms with E-state index in [1.165, 1.54) is 44.9 Å². The van der Waals surface area contributed by atoms with Crippen LogP contribution >= 0.6 is 11.6 Å². The van der Waals surface area contributed by atoms with Gasteiger partial charge in [-0.05, 0) is 44.4 Å². The molecule has 0 heterocycles. The highest BCUT2D eigenvalue weighted by molar-refractivity contribution is 6.18. The van der Waals surface area contributed by atoms with Gasteiger partial charge in [-0.15, -0.1) is 11.6 Å². The average molecular weight is 300 g/mol. The first-order valence-corrected chi connectivity index (χ1v) is 9.07. The molecule has 0 unspecified atom stereocenters. The van der Waals surface area contributed by atoms with Gasteiger partial charge in [0.05, 0.1) is 5.54 Å². The maximum Gasteiger partial charge on any atom is 0.223 e. The zero-order valence-corrected chi connectivity index (χ0v) is 13.7. The molecule has 0 radical (unpaired) electrons. The molecule has 0 aliphatic heterocycles. The van der Waals surface area contributed by atoms with E-state index in [9.17, 15) is 4.79 Å². The van der Waals surface area contributed by atoms with Gasteiger partial charge in [0.1, 0.15) is 0 Å². The second-order valence-electron chi connectivity index (χ2n) is 7.13. The van der Waals surface area contributed by atoms with Crippen LogP contribution in [0.1, 0.15) is 77.6 Å². The van der Waals surface area contributed by atoms with Crippen LogP contribution in [0.3, 0.4) is 0 Å². The van der Waals surface area contributed by atoms with Crippen molar-refractivity contribution in [3.05, 3.63) is 0 Å². The topological polar surface area (TPSA) is 29.1 Å². The number of nitrogens with one attached hydrogen (secondary N) is 1. The lowest BCUT2D eigenvalue weighted by Gasteiger charge is -2.39. The molecule has 0 saturated heterocycles. The fourth-order valence-electron chi connectivity index (χ4n) is 3.69. The van der Waals surface area contributed by atoms with Crippen LogP contribution in [0.2, 0.25) is 0 Å². The number of hydrogen-bond acceptors (Lipinski definition) is 1. The quantitative estimate of drug-likeness (QED) is 0.755. The van der Waals surface area contributed by atoms with Gasteiger partial charge in [-0.3, -0.25) is 4.79 Å². The van der Waals surface area contributed by atoms with Crippen LogP contribution in [0.4, 0.5) is 0 Å². The Kier molecular flexibility index (Phi) is 6.20. The first kappa shape index (κ1) is 16.1. The molecule has 116 valence electrons. The Hall–Kier alpha value is -0.240. The summed E-state index contributed by atoms with van der Waals surface area (Å²) in [6.45, 7) is 2.30. The molecular weight excluding hydrogens is 270 g/mol. The summed E-state index contributed by atoms with van der Waals surface area (Å²) >= 11 is 6.21. The van der Waals surface area contributed by atoms with Crippen LogP contribution < -0.4 is 5.32 Å². The molecule has 2 nitrogen and oxygen atoms in total. The van der Waals surface area contributed by atoms with Crippen LogP contribution in [-0.2, 0) is 4.79 Å². The van der Waals surface area contributed by atoms with Crippen molar-refractivity contribution in [3.8, 4) is 0 Å². The lowest BCUT2D eigenvalue weighted by atomic mass is 9.77. The Morgan fingerprint density at radius 1 is 1.05 bits per heavy atom. The maximum absolute atomic E-state index is 12.6. The van der Waals surface area contributed by atoms with Crippen molar-refractivity contribution in [1.82, 2.24) is 5.32 Å². The van der Waals surface area contributed by atoms with E-state index in [-0.39, 0.29) is 17.4 Å². The Labute approximate surface area is 129 Å². The normalized spacial score (nSPS) is 33.2. The molecule has 0 atom stereocenters. The molecular formula is C17H30ClNO. The highest BCUT2D eigenvalue weighted by Crippen LogP contribution is 2.33. The van der Waals surface area contributed by atoms with Gasteiger partial charge in [0.2, 0.25) is 5.91 Å². The summed E-state index contributed by atoms with van der Waals surface area (Å²) in [5.74, 6) is 1.86. The van der Waals surface area contributed by atoms with E-state index in [1.54, 1.807) is 0 Å². The number of alkyl halides is 1. The van der Waals surface area contributed by atoms with Crippen molar-refractivity contribution in [2.45, 2.75) is 83.1 Å². The van der Waals surface area contributed by atoms with Crippen molar-refractivity contribution >= 4 is 17.5 Å². The number of halogens is 1. The van der Waals surface area contributed by atoms with Crippen molar-refractivity contribution in [3.63, 3.8) is 0 Å². The van der Waals surface area contributed by atoms with E-state index in [0.29, 0.717) is 5.88 Å². The molecule has 0 spiro atoms. The zero-order chi connectivity index (χ0) is 14.4. The Morgan fingerprint density at radius 2 is 1.60 bits per heavy atom. The van der Waals surface area contributed by atoms with Crippen molar-refractivity contribution in [2.75, 3.05) is 5.88 Å². The van der Waals surface area contributed by atoms with Crippen LogP contribution in [-0.4, -0.2) is 17.3 Å². The van der Waals surface area contributed by atoms with Crippen LogP contribution in [0.5, 0.6) is 0 Å². The molecule has 2 fully saturated rings. The minimum Gasteiger partial charge on any atom is -0.349 e. The van der Waals surface area contributed by atoms with E-state index in [1.807, 2.05) is 0 Å². The third kappa shape index (κ3) is 4.38. The molecule has 0 aromatic carbocycles. The predicted molar refractivity (Wildman–Crippen MR) is 85.0 cm³/mol. The number of carbonyl (C=O) groups excluding carboxylic acids is 1. The Morgan fingerprint density at radius 3 is 2.15 bits per heavy atom. The molecule has 1 N–H and O–H groups in total. The van der Waals surface area contributed by atoms with Gasteiger partial charge in [-0.25, -0.2) is 0 Å². The van der Waals surface area contributed by atoms with E-state index in [2.05, 4.69) is 12.2 Å². The van der Waals surface area contributed by atoms with E-state index in [0.717, 1.165) is 31.6 Å². The second-order valence-corrected chi connectivity index (χ2v) is 7.40. The number of hydrogen-bond donors (Lipinski definition) is 1. The van der Waals surface area contributed by atoms with E-state index < -0.39 is 0 Å². The maximum atomic E-state index is 12.6. The monoisotopic (exact) mass is 299 g/mol. The first-order valence-electron chi connectivity index (χ1n) is 8.53. The van der Waals surface area contributed by atoms with Crippen molar-refractivity contribution < 1.29 is 4.79 Å². The molecule has 20 heavy (non-hydrogen) atoms.